The Morgan fingerprint density at radius 2 is 1.14 bits per heavy atom. The molecule has 8 heterocycles. The van der Waals surface area contributed by atoms with Crippen molar-refractivity contribution in [3.05, 3.63) is 81.1 Å². The second kappa shape index (κ2) is 27.4. The molecular formula is C47H55B2BrCl4N12O12S5. The van der Waals surface area contributed by atoms with Crippen molar-refractivity contribution in [3.8, 4) is 11.3 Å². The summed E-state index contributed by atoms with van der Waals surface area (Å²) < 4.78 is 85.4. The minimum atomic E-state index is -3.45. The number of amides is 2. The predicted molar refractivity (Wildman–Crippen MR) is 333 cm³/mol. The second-order valence-electron chi connectivity index (χ2n) is 19.5. The number of nitrogens with two attached hydrogens (primary N) is 1. The van der Waals surface area contributed by atoms with Crippen molar-refractivity contribution in [2.24, 2.45) is 0 Å². The molecule has 0 unspecified atom stereocenters. The highest BCUT2D eigenvalue weighted by Gasteiger charge is 2.52. The number of hydrogen-bond donors (Lipinski definition) is 7. The predicted octanol–water partition coefficient (Wildman–Crippen LogP) is 7.97. The average Bonchev–Trinajstić information content (AvgIpc) is 4.23. The number of anilines is 5. The smallest absolute Gasteiger partial charge is 0.423 e. The first-order chi connectivity index (χ1) is 38.2. The van der Waals surface area contributed by atoms with Crippen molar-refractivity contribution in [1.29, 1.82) is 0 Å². The van der Waals surface area contributed by atoms with E-state index in [1.165, 1.54) is 55.0 Å². The van der Waals surface area contributed by atoms with Gasteiger partial charge in [-0.25, -0.2) is 60.1 Å². The summed E-state index contributed by atoms with van der Waals surface area (Å²) in [6, 6.07) is 11.8. The van der Waals surface area contributed by atoms with Gasteiger partial charge in [0.25, 0.3) is 0 Å². The van der Waals surface area contributed by atoms with E-state index in [4.69, 9.17) is 70.6 Å². The molecule has 7 aromatic heterocycles. The van der Waals surface area contributed by atoms with E-state index < -0.39 is 43.3 Å². The molecule has 83 heavy (non-hydrogen) atoms. The number of halogens is 5. The molecule has 7 aromatic rings. The molecule has 0 radical (unpaired) electrons. The topological polar surface area (TPSA) is 360 Å². The van der Waals surface area contributed by atoms with Crippen molar-refractivity contribution in [2.75, 3.05) is 25.8 Å². The molecule has 0 spiro atoms. The molecule has 4 fully saturated rings. The van der Waals surface area contributed by atoms with Crippen LogP contribution in [0.25, 0.3) is 32.0 Å². The highest BCUT2D eigenvalue weighted by Crippen LogP contribution is 2.38. The fraction of sp³-hybridized carbons (Fsp3) is 0.383. The molecule has 0 bridgehead atoms. The summed E-state index contributed by atoms with van der Waals surface area (Å²) >= 11 is 23.4. The summed E-state index contributed by atoms with van der Waals surface area (Å²) in [6.07, 6.45) is 8.40. The van der Waals surface area contributed by atoms with Gasteiger partial charge in [-0.15, -0.1) is 0 Å². The second-order valence-corrected chi connectivity index (χ2v) is 30.2. The van der Waals surface area contributed by atoms with Crippen molar-refractivity contribution in [1.82, 2.24) is 34.9 Å². The number of hydrogen-bond acceptors (Lipinski definition) is 22. The van der Waals surface area contributed by atoms with E-state index in [2.05, 4.69) is 70.9 Å². The number of nitrogen functional groups attached to an aromatic ring is 1. The Bertz CT molecular complexity index is 3870. The average molecular weight is 1380 g/mol. The highest BCUT2D eigenvalue weighted by molar-refractivity contribution is 9.10. The summed E-state index contributed by atoms with van der Waals surface area (Å²) in [6.45, 7) is 10.9. The molecule has 3 aliphatic carbocycles. The zero-order valence-corrected chi connectivity index (χ0v) is 52.7. The maximum Gasteiger partial charge on any atom is 0.496 e. The van der Waals surface area contributed by atoms with E-state index in [0.717, 1.165) is 33.3 Å². The number of pyridine rings is 5. The molecule has 0 atom stereocenters. The molecule has 1 saturated heterocycles. The maximum absolute atomic E-state index is 12.2. The molecule has 4 aliphatic rings. The first-order valence-corrected chi connectivity index (χ1v) is 33.4. The third-order valence-corrected chi connectivity index (χ3v) is 21.0. The fourth-order valence-corrected chi connectivity index (χ4v) is 13.4. The quantitative estimate of drug-likeness (QED) is 0.0346. The number of carbonyl (C=O) groups excluding carboxylic acids is 2. The number of aromatic nitrogens is 7. The van der Waals surface area contributed by atoms with Crippen LogP contribution in [0.2, 0.25) is 15.5 Å². The van der Waals surface area contributed by atoms with Crippen LogP contribution in [0, 0.1) is 0 Å². The molecule has 2 amide bonds. The van der Waals surface area contributed by atoms with Gasteiger partial charge in [-0.1, -0.05) is 64.9 Å². The Balaban J connectivity index is 0.000000175. The van der Waals surface area contributed by atoms with Crippen LogP contribution in [0.1, 0.15) is 87.5 Å². The molecule has 36 heteroatoms. The lowest BCUT2D eigenvalue weighted by Crippen LogP contribution is -2.41. The maximum atomic E-state index is 12.2. The van der Waals surface area contributed by atoms with Crippen LogP contribution in [0.3, 0.4) is 0 Å². The SMILES string of the molecule is C.CC(=O)Nc1nc2ccc(-c3cnc(Cl)c(NS(=O)(=O)C4CC4)c3)nc2s1.CC(=O)Nc1nc2ccc(Br)nc2s1.CC1(C)OB(c2cnc(Cl)c(N)c2)OC1(C)C.O=S(=O)(Cl)C1CC1.O=S(=O)(Nc1cc(B(O)O)cnc1Cl)C1CC1. The lowest BCUT2D eigenvalue weighted by molar-refractivity contribution is -0.115. The minimum Gasteiger partial charge on any atom is -0.423 e. The number of rotatable bonds is 12. The molecule has 0 aromatic carbocycles. The van der Waals surface area contributed by atoms with Crippen molar-refractivity contribution in [3.63, 3.8) is 0 Å². The molecule has 8 N–H and O–H groups in total. The molecular weight excluding hydrogens is 1330 g/mol. The number of nitrogens with zero attached hydrogens (tertiary/aromatic N) is 7. The first kappa shape index (κ1) is 67.5. The van der Waals surface area contributed by atoms with Crippen LogP contribution < -0.4 is 36.7 Å². The monoisotopic (exact) mass is 1380 g/mol. The van der Waals surface area contributed by atoms with Gasteiger partial charge in [0, 0.05) is 59.6 Å². The van der Waals surface area contributed by atoms with Crippen LogP contribution in [0.15, 0.2) is 65.7 Å². The number of nitrogens with one attached hydrogen (secondary N) is 4. The van der Waals surface area contributed by atoms with E-state index in [-0.39, 0.29) is 73.3 Å². The van der Waals surface area contributed by atoms with E-state index in [1.54, 1.807) is 30.5 Å². The normalized spacial score (nSPS) is 16.0. The van der Waals surface area contributed by atoms with Gasteiger partial charge in [0.05, 0.1) is 49.7 Å². The van der Waals surface area contributed by atoms with Crippen LogP contribution in [0.5, 0.6) is 0 Å². The Labute approximate surface area is 515 Å². The van der Waals surface area contributed by atoms with E-state index >= 15 is 0 Å². The van der Waals surface area contributed by atoms with Crippen LogP contribution in [-0.2, 0) is 48.0 Å². The molecule has 11 rings (SSSR count). The third kappa shape index (κ3) is 18.9. The van der Waals surface area contributed by atoms with Crippen LogP contribution >= 0.6 is 84.1 Å². The Kier molecular flexibility index (Phi) is 22.2. The van der Waals surface area contributed by atoms with Gasteiger partial charge in [-0.05, 0) is 125 Å². The summed E-state index contributed by atoms with van der Waals surface area (Å²) in [5.41, 5.74) is 9.21. The summed E-state index contributed by atoms with van der Waals surface area (Å²) in [4.78, 5) is 52.4. The standard InChI is InChI=1S/C16H14ClN5O3S2.C11H16BClN2O2.C8H10BClN2O4S.C8H6BrN3OS.C3H5ClO2S.CH4/c1-8(23)19-16-21-12-5-4-11(20-15(12)26-16)9-6-13(14(17)18-7-9)22-27(24,25)10-2-3-10;1-10(2)11(3,4)17-12(16-10)7-5-8(14)9(13)15-6-7;10-8-7(3-5(4-11-8)9(13)14)12-17(15,16)6-1-2-6;1-4(13)10-8-11-5-2-3-6(9)12-7(5)14-8;4-7(5,6)3-1-2-3;/h4-7,10,22H,2-3H2,1H3,(H,19,21,23);5-6H,14H2,1-4H3;3-4,6,12-14H,1-2H2;2-3H,1H3,(H,10,11,13);3H,1-2H2;1H4. The van der Waals surface area contributed by atoms with E-state index in [1.807, 2.05) is 39.8 Å². The van der Waals surface area contributed by atoms with Crippen molar-refractivity contribution < 1.29 is 54.2 Å². The van der Waals surface area contributed by atoms with Gasteiger partial charge in [0.15, 0.2) is 25.7 Å². The summed E-state index contributed by atoms with van der Waals surface area (Å²) in [7, 11) is -7.32. The van der Waals surface area contributed by atoms with Gasteiger partial charge >= 0.3 is 14.2 Å². The highest BCUT2D eigenvalue weighted by atomic mass is 79.9. The van der Waals surface area contributed by atoms with Gasteiger partial charge in [-0.2, -0.15) is 0 Å². The first-order valence-electron chi connectivity index (χ1n) is 24.4. The lowest BCUT2D eigenvalue weighted by atomic mass is 9.80. The van der Waals surface area contributed by atoms with Crippen LogP contribution in [0.4, 0.5) is 27.3 Å². The van der Waals surface area contributed by atoms with E-state index in [9.17, 15) is 34.8 Å². The Morgan fingerprint density at radius 3 is 1.59 bits per heavy atom. The number of thiazole rings is 2. The van der Waals surface area contributed by atoms with Gasteiger partial charge in [-0.3, -0.25) is 19.0 Å². The van der Waals surface area contributed by atoms with Crippen LogP contribution in [-0.4, -0.2) is 123 Å². The molecule has 3 saturated carbocycles. The van der Waals surface area contributed by atoms with Gasteiger partial charge in [0.2, 0.25) is 40.9 Å². The molecule has 446 valence electrons. The molecule has 1 aliphatic heterocycles. The third-order valence-electron chi connectivity index (χ3n) is 12.1. The summed E-state index contributed by atoms with van der Waals surface area (Å²) in [5, 5.41) is 23.6. The zero-order valence-electron chi connectivity index (χ0n) is 44.0. The van der Waals surface area contributed by atoms with E-state index in [0.29, 0.717) is 68.4 Å². The molecule has 24 nitrogen and oxygen atoms in total. The van der Waals surface area contributed by atoms with Gasteiger partial charge in [0.1, 0.15) is 25.3 Å². The lowest BCUT2D eigenvalue weighted by Gasteiger charge is -2.32. The minimum absolute atomic E-state index is 0. The van der Waals surface area contributed by atoms with Crippen molar-refractivity contribution >= 4 is 198 Å². The largest absolute Gasteiger partial charge is 0.496 e. The number of carbonyl (C=O) groups is 2. The number of fused-ring (bicyclic) bond motifs is 2. The van der Waals surface area contributed by atoms with Gasteiger partial charge < -0.3 is 35.7 Å². The zero-order chi connectivity index (χ0) is 60.3. The Morgan fingerprint density at radius 1 is 0.687 bits per heavy atom. The summed E-state index contributed by atoms with van der Waals surface area (Å²) in [5.74, 6) is -0.327. The Hall–Kier alpha value is -4.67. The number of sulfonamides is 2. The fourth-order valence-electron chi connectivity index (χ4n) is 6.69. The van der Waals surface area contributed by atoms with Crippen molar-refractivity contribution in [2.45, 2.75) is 114 Å².